The molecule has 0 amide bonds. The van der Waals surface area contributed by atoms with E-state index in [0.29, 0.717) is 22.0 Å². The lowest BCUT2D eigenvalue weighted by molar-refractivity contribution is 0.884. The van der Waals surface area contributed by atoms with E-state index < -0.39 is 0 Å². The highest BCUT2D eigenvalue weighted by molar-refractivity contribution is 6.30. The zero-order valence-corrected chi connectivity index (χ0v) is 19.6. The van der Waals surface area contributed by atoms with E-state index in [1.807, 2.05) is 79.0 Å². The minimum absolute atomic E-state index is 0.134. The predicted octanol–water partition coefficient (Wildman–Crippen LogP) is 5.90. The van der Waals surface area contributed by atoms with Gasteiger partial charge in [0.1, 0.15) is 29.2 Å². The molecule has 0 aliphatic heterocycles. The lowest BCUT2D eigenvalue weighted by Crippen LogP contribution is -2.02. The summed E-state index contributed by atoms with van der Waals surface area (Å²) in [4.78, 5) is 0. The van der Waals surface area contributed by atoms with Crippen molar-refractivity contribution in [2.45, 2.75) is 0 Å². The van der Waals surface area contributed by atoms with Crippen LogP contribution in [0.25, 0.3) is 34.3 Å². The zero-order valence-electron chi connectivity index (χ0n) is 18.9. The molecular formula is C28H18ClN7. The van der Waals surface area contributed by atoms with Crippen LogP contribution in [0.15, 0.2) is 91.1 Å². The van der Waals surface area contributed by atoms with Gasteiger partial charge >= 0.3 is 0 Å². The molecule has 0 atom stereocenters. The predicted molar refractivity (Wildman–Crippen MR) is 140 cm³/mol. The maximum absolute atomic E-state index is 10.1. The Balaban J connectivity index is 1.68. The Morgan fingerprint density at radius 1 is 0.861 bits per heavy atom. The van der Waals surface area contributed by atoms with Crippen LogP contribution in [0, 0.1) is 22.7 Å². The van der Waals surface area contributed by atoms with Crippen molar-refractivity contribution >= 4 is 29.1 Å². The smallest absolute Gasteiger partial charge is 0.145 e. The molecule has 0 spiro atoms. The van der Waals surface area contributed by atoms with Gasteiger partial charge in [-0.2, -0.15) is 20.7 Å². The van der Waals surface area contributed by atoms with Gasteiger partial charge in [0.2, 0.25) is 0 Å². The molecule has 0 aliphatic rings. The fourth-order valence-corrected chi connectivity index (χ4v) is 3.97. The normalized spacial score (nSPS) is 11.1. The molecule has 0 aliphatic carbocycles. The van der Waals surface area contributed by atoms with Crippen LogP contribution in [-0.2, 0) is 0 Å². The van der Waals surface area contributed by atoms with Gasteiger partial charge in [0, 0.05) is 22.3 Å². The first-order valence-electron chi connectivity index (χ1n) is 11.0. The number of benzene rings is 3. The Morgan fingerprint density at radius 3 is 2.11 bits per heavy atom. The molecule has 36 heavy (non-hydrogen) atoms. The second-order valence-electron chi connectivity index (χ2n) is 7.86. The molecule has 2 heterocycles. The van der Waals surface area contributed by atoms with E-state index in [-0.39, 0.29) is 22.6 Å². The van der Waals surface area contributed by atoms with E-state index in [1.54, 1.807) is 22.9 Å². The monoisotopic (exact) mass is 487 g/mol. The van der Waals surface area contributed by atoms with Crippen LogP contribution < -0.4 is 5.73 Å². The van der Waals surface area contributed by atoms with Crippen molar-refractivity contribution in [3.63, 3.8) is 0 Å². The largest absolute Gasteiger partial charge is 0.382 e. The second kappa shape index (κ2) is 9.63. The molecule has 5 aromatic rings. The fraction of sp³-hybridized carbons (Fsp3) is 0. The third-order valence-electron chi connectivity index (χ3n) is 5.59. The van der Waals surface area contributed by atoms with Crippen LogP contribution in [0.5, 0.6) is 0 Å². The summed E-state index contributed by atoms with van der Waals surface area (Å²) in [6, 6.07) is 30.5. The number of nitrogen functional groups attached to an aromatic ring is 1. The van der Waals surface area contributed by atoms with Crippen molar-refractivity contribution in [2.75, 3.05) is 5.73 Å². The quantitative estimate of drug-likeness (QED) is 0.310. The lowest BCUT2D eigenvalue weighted by Gasteiger charge is -2.02. The number of aromatic nitrogens is 4. The number of hydrogen-bond donors (Lipinski definition) is 1. The van der Waals surface area contributed by atoms with E-state index in [1.165, 1.54) is 4.68 Å². The number of anilines is 1. The maximum atomic E-state index is 10.1. The van der Waals surface area contributed by atoms with Crippen LogP contribution in [0.3, 0.4) is 0 Å². The zero-order chi connectivity index (χ0) is 25.1. The number of nitrogens with zero attached hydrogens (tertiary/aromatic N) is 6. The van der Waals surface area contributed by atoms with Crippen molar-refractivity contribution in [3.8, 4) is 34.8 Å². The standard InChI is InChI=1S/C28H18ClN7/c29-22-13-11-19(12-14-22)26-21(18-35(33-26)23-7-3-1-4-8-23)15-20(16-30)27-25(17-31)28(32)36(34-27)24-9-5-2-6-10-24/h1-15,18H,32H2. The Morgan fingerprint density at radius 2 is 1.50 bits per heavy atom. The van der Waals surface area contributed by atoms with Crippen LogP contribution in [0.1, 0.15) is 16.8 Å². The van der Waals surface area contributed by atoms with Gasteiger partial charge < -0.3 is 5.73 Å². The molecular weight excluding hydrogens is 470 g/mol. The van der Waals surface area contributed by atoms with Crippen LogP contribution >= 0.6 is 11.6 Å². The van der Waals surface area contributed by atoms with E-state index in [2.05, 4.69) is 17.2 Å². The number of para-hydroxylation sites is 2. The van der Waals surface area contributed by atoms with Crippen molar-refractivity contribution < 1.29 is 0 Å². The first-order valence-corrected chi connectivity index (χ1v) is 11.3. The molecule has 0 saturated heterocycles. The van der Waals surface area contributed by atoms with Gasteiger partial charge in [-0.25, -0.2) is 9.36 Å². The van der Waals surface area contributed by atoms with Gasteiger partial charge in [-0.05, 0) is 42.5 Å². The number of rotatable bonds is 5. The molecule has 0 unspecified atom stereocenters. The van der Waals surface area contributed by atoms with Crippen LogP contribution in [-0.4, -0.2) is 19.6 Å². The highest BCUT2D eigenvalue weighted by Crippen LogP contribution is 2.31. The van der Waals surface area contributed by atoms with Crippen LogP contribution in [0.4, 0.5) is 5.82 Å². The molecule has 0 saturated carbocycles. The molecule has 5 rings (SSSR count). The highest BCUT2D eigenvalue weighted by Gasteiger charge is 2.21. The average molecular weight is 488 g/mol. The van der Waals surface area contributed by atoms with E-state index in [9.17, 15) is 10.5 Å². The van der Waals surface area contributed by atoms with Gasteiger partial charge in [0.25, 0.3) is 0 Å². The average Bonchev–Trinajstić information content (AvgIpc) is 3.49. The molecule has 2 N–H and O–H groups in total. The van der Waals surface area contributed by atoms with Crippen molar-refractivity contribution in [1.29, 1.82) is 10.5 Å². The van der Waals surface area contributed by atoms with Crippen molar-refractivity contribution in [3.05, 3.63) is 113 Å². The van der Waals surface area contributed by atoms with Gasteiger partial charge in [-0.15, -0.1) is 0 Å². The van der Waals surface area contributed by atoms with E-state index in [4.69, 9.17) is 22.4 Å². The summed E-state index contributed by atoms with van der Waals surface area (Å²) in [5, 5.41) is 29.8. The fourth-order valence-electron chi connectivity index (χ4n) is 3.84. The number of hydrogen-bond acceptors (Lipinski definition) is 5. The SMILES string of the molecule is N#CC(=Cc1cn(-c2ccccc2)nc1-c1ccc(Cl)cc1)c1nn(-c2ccccc2)c(N)c1C#N. The molecule has 0 bridgehead atoms. The van der Waals surface area contributed by atoms with E-state index in [0.717, 1.165) is 11.3 Å². The summed E-state index contributed by atoms with van der Waals surface area (Å²) < 4.78 is 3.21. The highest BCUT2D eigenvalue weighted by atomic mass is 35.5. The Bertz CT molecular complexity index is 1650. The van der Waals surface area contributed by atoms with E-state index >= 15 is 0 Å². The molecule has 0 radical (unpaired) electrons. The van der Waals surface area contributed by atoms with Gasteiger partial charge in [0.15, 0.2) is 0 Å². The Hall–Kier alpha value is -5.11. The summed E-state index contributed by atoms with van der Waals surface area (Å²) in [7, 11) is 0. The summed E-state index contributed by atoms with van der Waals surface area (Å²) in [6.45, 7) is 0. The topological polar surface area (TPSA) is 109 Å². The molecule has 3 aromatic carbocycles. The third-order valence-corrected chi connectivity index (χ3v) is 5.84. The number of halogens is 1. The maximum Gasteiger partial charge on any atom is 0.145 e. The molecule has 7 nitrogen and oxygen atoms in total. The molecule has 0 fully saturated rings. The minimum atomic E-state index is 0.134. The molecule has 172 valence electrons. The first kappa shape index (κ1) is 22.7. The third kappa shape index (κ3) is 4.23. The number of nitrogens with two attached hydrogens (primary N) is 1. The summed E-state index contributed by atoms with van der Waals surface area (Å²) >= 11 is 6.09. The lowest BCUT2D eigenvalue weighted by atomic mass is 10.0. The summed E-state index contributed by atoms with van der Waals surface area (Å²) in [6.07, 6.45) is 3.51. The van der Waals surface area contributed by atoms with Crippen molar-refractivity contribution in [1.82, 2.24) is 19.6 Å². The molecule has 8 heteroatoms. The van der Waals surface area contributed by atoms with Gasteiger partial charge in [0.05, 0.1) is 22.6 Å². The minimum Gasteiger partial charge on any atom is -0.382 e. The van der Waals surface area contributed by atoms with Crippen LogP contribution in [0.2, 0.25) is 5.02 Å². The van der Waals surface area contributed by atoms with Gasteiger partial charge in [-0.1, -0.05) is 60.1 Å². The van der Waals surface area contributed by atoms with Gasteiger partial charge in [-0.3, -0.25) is 0 Å². The second-order valence-corrected chi connectivity index (χ2v) is 8.29. The van der Waals surface area contributed by atoms with Crippen molar-refractivity contribution in [2.24, 2.45) is 0 Å². The summed E-state index contributed by atoms with van der Waals surface area (Å²) in [5.74, 6) is 0.165. The number of nitriles is 2. The number of allylic oxidation sites excluding steroid dienone is 1. The first-order chi connectivity index (χ1) is 17.6. The molecule has 2 aromatic heterocycles. The summed E-state index contributed by atoms with van der Waals surface area (Å²) in [5.41, 5.74) is 10.5. The Kier molecular flexibility index (Phi) is 6.07. The Labute approximate surface area is 212 Å².